The molecule has 0 saturated heterocycles. The Labute approximate surface area is 170 Å². The highest BCUT2D eigenvalue weighted by molar-refractivity contribution is 5.96. The number of hydrogen-bond acceptors (Lipinski definition) is 3. The van der Waals surface area contributed by atoms with Crippen LogP contribution >= 0.6 is 0 Å². The van der Waals surface area contributed by atoms with Gasteiger partial charge in [0.15, 0.2) is 0 Å². The lowest BCUT2D eigenvalue weighted by Crippen LogP contribution is -2.34. The Morgan fingerprint density at radius 2 is 2.07 bits per heavy atom. The normalized spacial score (nSPS) is 18.0. The lowest BCUT2D eigenvalue weighted by Gasteiger charge is -2.30. The van der Waals surface area contributed by atoms with E-state index in [1.807, 2.05) is 18.2 Å². The molecule has 1 aliphatic rings. The van der Waals surface area contributed by atoms with Gasteiger partial charge in [-0.25, -0.2) is 9.18 Å². The average Bonchev–Trinajstić information content (AvgIpc) is 3.16. The lowest BCUT2D eigenvalue weighted by atomic mass is 9.72. The molecule has 0 spiro atoms. The molecule has 3 rings (SSSR count). The van der Waals surface area contributed by atoms with Crippen molar-refractivity contribution in [2.75, 3.05) is 18.4 Å². The van der Waals surface area contributed by atoms with Gasteiger partial charge < -0.3 is 10.6 Å². The molecule has 0 radical (unpaired) electrons. The number of hydrogen-bond donors (Lipinski definition) is 2. The molecule has 0 aliphatic carbocycles. The van der Waals surface area contributed by atoms with Crippen molar-refractivity contribution in [3.05, 3.63) is 65.5 Å². The molecule has 0 bridgehead atoms. The van der Waals surface area contributed by atoms with Crippen LogP contribution < -0.4 is 10.6 Å². The van der Waals surface area contributed by atoms with E-state index in [1.54, 1.807) is 24.3 Å². The first-order chi connectivity index (χ1) is 14.1. The fourth-order valence-electron chi connectivity index (χ4n) is 3.96. The number of nitrogens with zero attached hydrogens (tertiary/aromatic N) is 2. The molecule has 1 heterocycles. The molecule has 0 saturated carbocycles. The van der Waals surface area contributed by atoms with Gasteiger partial charge in [-0.3, -0.25) is 4.99 Å². The van der Waals surface area contributed by atoms with Crippen molar-refractivity contribution in [1.82, 2.24) is 5.32 Å². The van der Waals surface area contributed by atoms with Crippen LogP contribution in [0.1, 0.15) is 43.7 Å². The van der Waals surface area contributed by atoms with Crippen LogP contribution in [0.15, 0.2) is 53.5 Å². The number of aliphatic imine (C=N–C) groups is 1. The second kappa shape index (κ2) is 9.33. The van der Waals surface area contributed by atoms with Gasteiger partial charge in [-0.2, -0.15) is 5.26 Å². The van der Waals surface area contributed by atoms with Crippen molar-refractivity contribution in [3.8, 4) is 6.07 Å². The maximum atomic E-state index is 13.3. The molecule has 2 aromatic carbocycles. The van der Waals surface area contributed by atoms with Crippen LogP contribution in [-0.4, -0.2) is 24.8 Å². The zero-order valence-corrected chi connectivity index (χ0v) is 16.5. The fraction of sp³-hybridized carbons (Fsp3) is 0.348. The van der Waals surface area contributed by atoms with E-state index in [1.165, 1.54) is 12.1 Å². The Kier molecular flexibility index (Phi) is 6.61. The number of anilines is 1. The Morgan fingerprint density at radius 3 is 2.79 bits per heavy atom. The highest BCUT2D eigenvalue weighted by Crippen LogP contribution is 2.38. The number of nitriles is 1. The molecule has 0 aromatic heterocycles. The zero-order valence-electron chi connectivity index (χ0n) is 16.5. The molecule has 5 nitrogen and oxygen atoms in total. The van der Waals surface area contributed by atoms with E-state index in [2.05, 4.69) is 17.6 Å². The van der Waals surface area contributed by atoms with Crippen LogP contribution in [0, 0.1) is 17.1 Å². The molecule has 29 heavy (non-hydrogen) atoms. The number of halogens is 1. The van der Waals surface area contributed by atoms with Crippen LogP contribution in [-0.2, 0) is 5.41 Å². The summed E-state index contributed by atoms with van der Waals surface area (Å²) < 4.78 is 13.3. The van der Waals surface area contributed by atoms with Crippen molar-refractivity contribution < 1.29 is 9.18 Å². The van der Waals surface area contributed by atoms with E-state index >= 15 is 0 Å². The molecule has 2 amide bonds. The summed E-state index contributed by atoms with van der Waals surface area (Å²) in [4.78, 5) is 16.8. The molecule has 0 fully saturated rings. The van der Waals surface area contributed by atoms with E-state index in [4.69, 9.17) is 10.3 Å². The van der Waals surface area contributed by atoms with Crippen molar-refractivity contribution in [2.45, 2.75) is 38.0 Å². The van der Waals surface area contributed by atoms with Crippen molar-refractivity contribution in [3.63, 3.8) is 0 Å². The summed E-state index contributed by atoms with van der Waals surface area (Å²) in [6.45, 7) is 3.45. The fourth-order valence-corrected chi connectivity index (χ4v) is 3.96. The van der Waals surface area contributed by atoms with E-state index in [-0.39, 0.29) is 17.3 Å². The van der Waals surface area contributed by atoms with Gasteiger partial charge in [0.25, 0.3) is 0 Å². The summed E-state index contributed by atoms with van der Waals surface area (Å²) >= 11 is 0. The van der Waals surface area contributed by atoms with Gasteiger partial charge in [0.1, 0.15) is 5.82 Å². The molecule has 2 N–H and O–H groups in total. The van der Waals surface area contributed by atoms with Crippen LogP contribution in [0.5, 0.6) is 0 Å². The topological polar surface area (TPSA) is 77.3 Å². The standard InChI is InChI=1S/C23H25FN4O/c1-2-23(18-8-10-19(24)11-9-18)12-14-26-21(23)7-4-13-27-22(29)28-20-6-3-5-17(15-20)16-25/h3,5-6,8-11,15H,2,4,7,12-14H2,1H3,(H2,27,28,29). The minimum absolute atomic E-state index is 0.131. The second-order valence-corrected chi connectivity index (χ2v) is 7.20. The molecule has 1 aliphatic heterocycles. The van der Waals surface area contributed by atoms with Crippen molar-refractivity contribution in [1.29, 1.82) is 5.26 Å². The van der Waals surface area contributed by atoms with Gasteiger partial charge in [-0.05, 0) is 61.6 Å². The minimum Gasteiger partial charge on any atom is -0.338 e. The number of carbonyl (C=O) groups is 1. The van der Waals surface area contributed by atoms with Crippen molar-refractivity contribution in [2.24, 2.45) is 4.99 Å². The van der Waals surface area contributed by atoms with Crippen LogP contribution in [0.2, 0.25) is 0 Å². The number of urea groups is 1. The summed E-state index contributed by atoms with van der Waals surface area (Å²) in [5, 5.41) is 14.5. The monoisotopic (exact) mass is 392 g/mol. The molecular weight excluding hydrogens is 367 g/mol. The Morgan fingerprint density at radius 1 is 1.28 bits per heavy atom. The van der Waals surface area contributed by atoms with E-state index in [0.29, 0.717) is 17.8 Å². The Balaban J connectivity index is 1.52. The Bertz CT molecular complexity index is 933. The first kappa shape index (κ1) is 20.5. The number of carbonyl (C=O) groups excluding carboxylic acids is 1. The first-order valence-electron chi connectivity index (χ1n) is 9.92. The number of rotatable bonds is 7. The highest BCUT2D eigenvalue weighted by Gasteiger charge is 2.38. The molecular formula is C23H25FN4O. The number of amides is 2. The van der Waals surface area contributed by atoms with E-state index < -0.39 is 0 Å². The van der Waals surface area contributed by atoms with Crippen LogP contribution in [0.4, 0.5) is 14.9 Å². The molecule has 2 aromatic rings. The molecule has 6 heteroatoms. The summed E-state index contributed by atoms with van der Waals surface area (Å²) in [6, 6.07) is 15.3. The second-order valence-electron chi connectivity index (χ2n) is 7.20. The third-order valence-corrected chi connectivity index (χ3v) is 5.52. The van der Waals surface area contributed by atoms with Gasteiger partial charge in [0, 0.05) is 29.9 Å². The smallest absolute Gasteiger partial charge is 0.319 e. The van der Waals surface area contributed by atoms with Crippen LogP contribution in [0.25, 0.3) is 0 Å². The predicted octanol–water partition coefficient (Wildman–Crippen LogP) is 4.79. The summed E-state index contributed by atoms with van der Waals surface area (Å²) in [5.41, 5.74) is 3.20. The molecule has 1 unspecified atom stereocenters. The van der Waals surface area contributed by atoms with E-state index in [9.17, 15) is 9.18 Å². The van der Waals surface area contributed by atoms with Gasteiger partial charge >= 0.3 is 6.03 Å². The summed E-state index contributed by atoms with van der Waals surface area (Å²) in [5.74, 6) is -0.230. The quantitative estimate of drug-likeness (QED) is 0.665. The maximum Gasteiger partial charge on any atom is 0.319 e. The van der Waals surface area contributed by atoms with Gasteiger partial charge in [-0.15, -0.1) is 0 Å². The van der Waals surface area contributed by atoms with E-state index in [0.717, 1.165) is 43.5 Å². The predicted molar refractivity (Wildman–Crippen MR) is 113 cm³/mol. The molecule has 1 atom stereocenters. The van der Waals surface area contributed by atoms with Gasteiger partial charge in [0.05, 0.1) is 11.6 Å². The number of nitrogens with one attached hydrogen (secondary N) is 2. The minimum atomic E-state index is -0.297. The maximum absolute atomic E-state index is 13.3. The number of benzene rings is 2. The largest absolute Gasteiger partial charge is 0.338 e. The van der Waals surface area contributed by atoms with Crippen LogP contribution in [0.3, 0.4) is 0 Å². The summed E-state index contributed by atoms with van der Waals surface area (Å²) in [6.07, 6.45) is 3.41. The summed E-state index contributed by atoms with van der Waals surface area (Å²) in [7, 11) is 0. The Hall–Kier alpha value is -3.20. The third-order valence-electron chi connectivity index (χ3n) is 5.52. The van der Waals surface area contributed by atoms with Gasteiger partial charge in [-0.1, -0.05) is 25.1 Å². The third kappa shape index (κ3) is 4.80. The first-order valence-corrected chi connectivity index (χ1v) is 9.92. The lowest BCUT2D eigenvalue weighted by molar-refractivity contribution is 0.252. The average molecular weight is 392 g/mol. The van der Waals surface area contributed by atoms with Gasteiger partial charge in [0.2, 0.25) is 0 Å². The highest BCUT2D eigenvalue weighted by atomic mass is 19.1. The SMILES string of the molecule is CCC1(c2ccc(F)cc2)CCN=C1CCCNC(=O)Nc1cccc(C#N)c1. The zero-order chi connectivity index (χ0) is 20.7. The molecule has 150 valence electrons. The van der Waals surface area contributed by atoms with Crippen molar-refractivity contribution >= 4 is 17.4 Å².